The van der Waals surface area contributed by atoms with Crippen molar-refractivity contribution in [2.24, 2.45) is 0 Å². The van der Waals surface area contributed by atoms with Crippen molar-refractivity contribution < 1.29 is 14.0 Å². The Balaban J connectivity index is 2.49. The lowest BCUT2D eigenvalue weighted by Crippen LogP contribution is -2.41. The number of ether oxygens (including phenoxy) is 1. The van der Waals surface area contributed by atoms with Crippen molar-refractivity contribution in [1.82, 2.24) is 0 Å². The largest absolute Gasteiger partial charge is 0.497 e. The Morgan fingerprint density at radius 2 is 1.75 bits per heavy atom. The summed E-state index contributed by atoms with van der Waals surface area (Å²) in [5, 5.41) is 9.63. The van der Waals surface area contributed by atoms with E-state index < -0.39 is 18.3 Å². The summed E-state index contributed by atoms with van der Waals surface area (Å²) in [4.78, 5) is 0. The lowest BCUT2D eigenvalue weighted by atomic mass is 9.76. The molecule has 1 fully saturated rings. The molecule has 106 valence electrons. The predicted molar refractivity (Wildman–Crippen MR) is 78.4 cm³/mol. The SMILES string of the molecule is COc1cc(Cl)c(C#N)c(B2OC(C)(C)C(C)(C)O2)c1. The van der Waals surface area contributed by atoms with E-state index in [9.17, 15) is 5.26 Å². The van der Waals surface area contributed by atoms with Gasteiger partial charge in [-0.15, -0.1) is 0 Å². The zero-order valence-corrected chi connectivity index (χ0v) is 13.0. The molecule has 0 aliphatic carbocycles. The number of rotatable bonds is 2. The van der Waals surface area contributed by atoms with Crippen LogP contribution in [-0.2, 0) is 9.31 Å². The second kappa shape index (κ2) is 4.96. The smallest absolute Gasteiger partial charge is 0.496 e. The summed E-state index contributed by atoms with van der Waals surface area (Å²) >= 11 is 6.12. The van der Waals surface area contributed by atoms with Crippen LogP contribution in [0.25, 0.3) is 0 Å². The first kappa shape index (κ1) is 15.2. The third-order valence-corrected chi connectivity index (χ3v) is 4.25. The summed E-state index contributed by atoms with van der Waals surface area (Å²) in [5.41, 5.74) is 0.00125. The summed E-state index contributed by atoms with van der Waals surface area (Å²) in [5.74, 6) is 0.568. The lowest BCUT2D eigenvalue weighted by molar-refractivity contribution is 0.00578. The Morgan fingerprint density at radius 1 is 1.20 bits per heavy atom. The normalized spacial score (nSPS) is 19.8. The van der Waals surface area contributed by atoms with Gasteiger partial charge in [-0.25, -0.2) is 0 Å². The van der Waals surface area contributed by atoms with Crippen LogP contribution in [0.4, 0.5) is 0 Å². The molecule has 0 spiro atoms. The minimum Gasteiger partial charge on any atom is -0.497 e. The maximum atomic E-state index is 9.30. The Bertz CT molecular complexity index is 565. The van der Waals surface area contributed by atoms with E-state index in [1.165, 1.54) is 0 Å². The highest BCUT2D eigenvalue weighted by atomic mass is 35.5. The number of benzene rings is 1. The van der Waals surface area contributed by atoms with E-state index in [-0.39, 0.29) is 0 Å². The molecule has 2 rings (SSSR count). The minimum absolute atomic E-state index is 0.330. The van der Waals surface area contributed by atoms with Crippen LogP contribution in [0, 0.1) is 11.3 Å². The van der Waals surface area contributed by atoms with Gasteiger partial charge in [0.05, 0.1) is 28.9 Å². The van der Waals surface area contributed by atoms with Crippen LogP contribution in [0.3, 0.4) is 0 Å². The monoisotopic (exact) mass is 293 g/mol. The molecular formula is C14H17BClNO3. The van der Waals surface area contributed by atoms with Gasteiger partial charge in [-0.2, -0.15) is 5.26 Å². The molecule has 1 heterocycles. The number of hydrogen-bond acceptors (Lipinski definition) is 4. The van der Waals surface area contributed by atoms with Crippen LogP contribution in [0.2, 0.25) is 5.02 Å². The quantitative estimate of drug-likeness (QED) is 0.786. The van der Waals surface area contributed by atoms with Crippen molar-refractivity contribution in [3.05, 3.63) is 22.7 Å². The van der Waals surface area contributed by atoms with Crippen molar-refractivity contribution in [2.75, 3.05) is 7.11 Å². The molecule has 1 aliphatic heterocycles. The molecule has 1 saturated heterocycles. The molecule has 0 unspecified atom stereocenters. The van der Waals surface area contributed by atoms with Gasteiger partial charge < -0.3 is 14.0 Å². The molecule has 1 aliphatic rings. The molecule has 20 heavy (non-hydrogen) atoms. The molecule has 0 bridgehead atoms. The van der Waals surface area contributed by atoms with Crippen LogP contribution < -0.4 is 10.2 Å². The van der Waals surface area contributed by atoms with E-state index in [1.54, 1.807) is 19.2 Å². The average Bonchev–Trinajstić information content (AvgIpc) is 2.57. The van der Waals surface area contributed by atoms with Crippen molar-refractivity contribution in [2.45, 2.75) is 38.9 Å². The molecule has 0 radical (unpaired) electrons. The summed E-state index contributed by atoms with van der Waals surface area (Å²) in [6, 6.07) is 5.43. The fourth-order valence-electron chi connectivity index (χ4n) is 1.99. The number of halogens is 1. The maximum absolute atomic E-state index is 9.30. The number of hydrogen-bond donors (Lipinski definition) is 0. The first-order chi connectivity index (χ1) is 9.21. The fourth-order valence-corrected chi connectivity index (χ4v) is 2.25. The number of methoxy groups -OCH3 is 1. The van der Waals surface area contributed by atoms with Crippen LogP contribution in [0.1, 0.15) is 33.3 Å². The van der Waals surface area contributed by atoms with E-state index in [1.807, 2.05) is 27.7 Å². The Kier molecular flexibility index (Phi) is 3.76. The standard InChI is InChI=1S/C14H17BClNO3/c1-13(2)14(3,4)20-15(19-13)11-6-9(18-5)7-12(16)10(11)8-17/h6-7H,1-5H3. The van der Waals surface area contributed by atoms with E-state index in [2.05, 4.69) is 6.07 Å². The van der Waals surface area contributed by atoms with Gasteiger partial charge in [0.2, 0.25) is 0 Å². The average molecular weight is 294 g/mol. The fraction of sp³-hybridized carbons (Fsp3) is 0.500. The van der Waals surface area contributed by atoms with Crippen molar-refractivity contribution in [3.63, 3.8) is 0 Å². The van der Waals surface area contributed by atoms with E-state index in [0.29, 0.717) is 21.8 Å². The molecule has 4 nitrogen and oxygen atoms in total. The van der Waals surface area contributed by atoms with Gasteiger partial charge in [0.1, 0.15) is 11.8 Å². The van der Waals surface area contributed by atoms with Crippen molar-refractivity contribution in [3.8, 4) is 11.8 Å². The summed E-state index contributed by atoms with van der Waals surface area (Å²) in [6.07, 6.45) is 0. The summed E-state index contributed by atoms with van der Waals surface area (Å²) < 4.78 is 17.1. The first-order valence-corrected chi connectivity index (χ1v) is 6.73. The Hall–Kier alpha value is -1.22. The zero-order valence-electron chi connectivity index (χ0n) is 12.3. The second-order valence-electron chi connectivity index (χ2n) is 5.77. The molecule has 1 aromatic rings. The topological polar surface area (TPSA) is 51.5 Å². The molecule has 0 amide bonds. The predicted octanol–water partition coefficient (Wildman–Crippen LogP) is 2.52. The second-order valence-corrected chi connectivity index (χ2v) is 6.18. The van der Waals surface area contributed by atoms with E-state index >= 15 is 0 Å². The van der Waals surface area contributed by atoms with Crippen LogP contribution >= 0.6 is 11.6 Å². The van der Waals surface area contributed by atoms with Gasteiger partial charge in [0, 0.05) is 11.5 Å². The molecule has 0 saturated carbocycles. The molecule has 1 aromatic carbocycles. The maximum Gasteiger partial charge on any atom is 0.496 e. The van der Waals surface area contributed by atoms with Crippen molar-refractivity contribution >= 4 is 24.2 Å². The van der Waals surface area contributed by atoms with Crippen LogP contribution in [-0.4, -0.2) is 25.4 Å². The highest BCUT2D eigenvalue weighted by Gasteiger charge is 2.52. The molecular weight excluding hydrogens is 276 g/mol. The minimum atomic E-state index is -0.637. The van der Waals surface area contributed by atoms with E-state index in [4.69, 9.17) is 25.6 Å². The third-order valence-electron chi connectivity index (χ3n) is 3.95. The molecule has 6 heteroatoms. The van der Waals surface area contributed by atoms with Gasteiger partial charge in [0.25, 0.3) is 0 Å². The summed E-state index contributed by atoms with van der Waals surface area (Å²) in [7, 11) is 0.911. The Morgan fingerprint density at radius 3 is 2.20 bits per heavy atom. The lowest BCUT2D eigenvalue weighted by Gasteiger charge is -2.32. The highest BCUT2D eigenvalue weighted by molar-refractivity contribution is 6.63. The molecule has 0 N–H and O–H groups in total. The van der Waals surface area contributed by atoms with Crippen LogP contribution in [0.5, 0.6) is 5.75 Å². The van der Waals surface area contributed by atoms with Gasteiger partial charge in [-0.05, 0) is 33.8 Å². The third kappa shape index (κ3) is 2.40. The zero-order chi connectivity index (χ0) is 15.1. The van der Waals surface area contributed by atoms with Gasteiger partial charge in [-0.3, -0.25) is 0 Å². The van der Waals surface area contributed by atoms with Gasteiger partial charge in [0.15, 0.2) is 0 Å². The van der Waals surface area contributed by atoms with Crippen molar-refractivity contribution in [1.29, 1.82) is 5.26 Å². The molecule has 0 aromatic heterocycles. The van der Waals surface area contributed by atoms with Gasteiger partial charge >= 0.3 is 7.12 Å². The first-order valence-electron chi connectivity index (χ1n) is 6.35. The highest BCUT2D eigenvalue weighted by Crippen LogP contribution is 2.37. The van der Waals surface area contributed by atoms with Gasteiger partial charge in [-0.1, -0.05) is 11.6 Å². The van der Waals surface area contributed by atoms with Crippen LogP contribution in [0.15, 0.2) is 12.1 Å². The molecule has 0 atom stereocenters. The number of nitriles is 1. The Labute approximate surface area is 124 Å². The number of nitrogens with zero attached hydrogens (tertiary/aromatic N) is 1. The summed E-state index contributed by atoms with van der Waals surface area (Å²) in [6.45, 7) is 7.84. The van der Waals surface area contributed by atoms with E-state index in [0.717, 1.165) is 0 Å².